The van der Waals surface area contributed by atoms with Gasteiger partial charge in [0.1, 0.15) is 11.5 Å². The second-order valence-corrected chi connectivity index (χ2v) is 11.3. The molecule has 1 atom stereocenters. The molecule has 0 saturated carbocycles. The van der Waals surface area contributed by atoms with Crippen molar-refractivity contribution in [2.75, 3.05) is 10.0 Å². The van der Waals surface area contributed by atoms with Crippen LogP contribution in [-0.2, 0) is 26.6 Å². The highest BCUT2D eigenvalue weighted by Gasteiger charge is 2.28. The van der Waals surface area contributed by atoms with Gasteiger partial charge in [-0.25, -0.2) is 18.2 Å². The average molecular weight is 597 g/mol. The van der Waals surface area contributed by atoms with Gasteiger partial charge in [-0.3, -0.25) is 14.3 Å². The van der Waals surface area contributed by atoms with Gasteiger partial charge in [-0.1, -0.05) is 61.5 Å². The fraction of sp³-hybridized carbons (Fsp3) is 0.125. The van der Waals surface area contributed by atoms with E-state index in [9.17, 15) is 22.8 Å². The summed E-state index contributed by atoms with van der Waals surface area (Å²) in [6.07, 6.45) is 0.433. The third-order valence-corrected chi connectivity index (χ3v) is 8.18. The number of anilines is 2. The normalized spacial score (nSPS) is 12.0. The standard InChI is InChI=1S/C32H28N4O6S/c1-3-26(30(37)34-22-16-18-23(19-17-22)43(40,41)35-27-15-9-10-20-33-27)42-32(39)29-28(21-11-5-4-6-12-21)24-13-7-8-14-25(24)31(38)36(29)2/h4-20,26H,3H2,1-2H3,(H,33,35)(H,34,37). The van der Waals surface area contributed by atoms with Gasteiger partial charge in [0, 0.05) is 29.9 Å². The van der Waals surface area contributed by atoms with Crippen molar-refractivity contribution in [3.8, 4) is 11.1 Å². The first-order valence-electron chi connectivity index (χ1n) is 13.4. The fourth-order valence-electron chi connectivity index (χ4n) is 4.67. The van der Waals surface area contributed by atoms with E-state index in [2.05, 4.69) is 15.0 Å². The van der Waals surface area contributed by atoms with Gasteiger partial charge in [0.05, 0.1) is 4.90 Å². The number of hydrogen-bond donors (Lipinski definition) is 2. The number of nitrogens with one attached hydrogen (secondary N) is 2. The van der Waals surface area contributed by atoms with Gasteiger partial charge in [-0.05, 0) is 59.8 Å². The number of sulfonamides is 1. The maximum atomic E-state index is 13.6. The number of esters is 1. The molecule has 1 unspecified atom stereocenters. The Morgan fingerprint density at radius 3 is 2.19 bits per heavy atom. The Kier molecular flexibility index (Phi) is 8.35. The largest absolute Gasteiger partial charge is 0.448 e. The molecule has 2 N–H and O–H groups in total. The van der Waals surface area contributed by atoms with Crippen molar-refractivity contribution in [1.29, 1.82) is 0 Å². The number of fused-ring (bicyclic) bond motifs is 1. The third-order valence-electron chi connectivity index (χ3n) is 6.81. The van der Waals surface area contributed by atoms with E-state index in [-0.39, 0.29) is 28.4 Å². The van der Waals surface area contributed by atoms with E-state index in [1.165, 1.54) is 48.1 Å². The summed E-state index contributed by atoms with van der Waals surface area (Å²) in [6, 6.07) is 26.6. The SMILES string of the molecule is CCC(OC(=O)c1c(-c2ccccc2)c2ccccc2c(=O)n1C)C(=O)Nc1ccc(S(=O)(=O)Nc2ccccn2)cc1. The van der Waals surface area contributed by atoms with Gasteiger partial charge >= 0.3 is 5.97 Å². The van der Waals surface area contributed by atoms with E-state index in [1.807, 2.05) is 30.3 Å². The molecule has 3 aromatic carbocycles. The average Bonchev–Trinajstić information content (AvgIpc) is 3.02. The second kappa shape index (κ2) is 12.3. The quantitative estimate of drug-likeness (QED) is 0.229. The molecule has 0 radical (unpaired) electrons. The topological polar surface area (TPSA) is 136 Å². The zero-order chi connectivity index (χ0) is 30.6. The monoisotopic (exact) mass is 596 g/mol. The van der Waals surface area contributed by atoms with E-state index in [0.717, 1.165) is 0 Å². The molecule has 0 spiro atoms. The second-order valence-electron chi connectivity index (χ2n) is 9.64. The predicted octanol–water partition coefficient (Wildman–Crippen LogP) is 4.98. The van der Waals surface area contributed by atoms with E-state index in [4.69, 9.17) is 4.74 Å². The molecule has 5 aromatic rings. The Bertz CT molecular complexity index is 1960. The minimum atomic E-state index is -3.90. The van der Waals surface area contributed by atoms with E-state index in [0.29, 0.717) is 27.6 Å². The molecule has 0 aliphatic rings. The minimum absolute atomic E-state index is 0.0242. The molecule has 43 heavy (non-hydrogen) atoms. The van der Waals surface area contributed by atoms with Crippen molar-refractivity contribution in [3.63, 3.8) is 0 Å². The number of ether oxygens (including phenoxy) is 1. The minimum Gasteiger partial charge on any atom is -0.448 e. The van der Waals surface area contributed by atoms with Gasteiger partial charge in [0.15, 0.2) is 6.10 Å². The van der Waals surface area contributed by atoms with Crippen LogP contribution in [0.5, 0.6) is 0 Å². The van der Waals surface area contributed by atoms with Crippen molar-refractivity contribution in [3.05, 3.63) is 119 Å². The molecule has 10 nitrogen and oxygen atoms in total. The summed E-state index contributed by atoms with van der Waals surface area (Å²) in [5.41, 5.74) is 1.20. The summed E-state index contributed by atoms with van der Waals surface area (Å²) in [5, 5.41) is 3.71. The molecule has 2 aromatic heterocycles. The number of nitrogens with zero attached hydrogens (tertiary/aromatic N) is 2. The Morgan fingerprint density at radius 2 is 1.53 bits per heavy atom. The molecule has 5 rings (SSSR count). The van der Waals surface area contributed by atoms with Gasteiger partial charge in [0.2, 0.25) is 0 Å². The zero-order valence-corrected chi connectivity index (χ0v) is 24.2. The molecule has 2 heterocycles. The molecule has 0 aliphatic heterocycles. The molecule has 1 amide bonds. The summed E-state index contributed by atoms with van der Waals surface area (Å²) in [4.78, 5) is 43.9. The van der Waals surface area contributed by atoms with Crippen LogP contribution in [0.4, 0.5) is 11.5 Å². The van der Waals surface area contributed by atoms with Crippen molar-refractivity contribution >= 4 is 44.2 Å². The zero-order valence-electron chi connectivity index (χ0n) is 23.4. The summed E-state index contributed by atoms with van der Waals surface area (Å²) in [7, 11) is -2.40. The molecule has 0 aliphatic carbocycles. The lowest BCUT2D eigenvalue weighted by Gasteiger charge is -2.20. The van der Waals surface area contributed by atoms with Crippen molar-refractivity contribution in [2.45, 2.75) is 24.3 Å². The summed E-state index contributed by atoms with van der Waals surface area (Å²) in [6.45, 7) is 1.69. The smallest absolute Gasteiger partial charge is 0.356 e. The maximum Gasteiger partial charge on any atom is 0.356 e. The van der Waals surface area contributed by atoms with Crippen LogP contribution in [0, 0.1) is 0 Å². The number of pyridine rings is 2. The number of carbonyl (C=O) groups is 2. The van der Waals surface area contributed by atoms with Crippen molar-refractivity contribution in [1.82, 2.24) is 9.55 Å². The summed E-state index contributed by atoms with van der Waals surface area (Å²) < 4.78 is 34.7. The molecule has 0 saturated heterocycles. The lowest BCUT2D eigenvalue weighted by atomic mass is 9.97. The number of carbonyl (C=O) groups excluding carboxylic acids is 2. The number of hydrogen-bond acceptors (Lipinski definition) is 7. The van der Waals surface area contributed by atoms with Crippen LogP contribution in [0.15, 0.2) is 113 Å². The van der Waals surface area contributed by atoms with Crippen LogP contribution >= 0.6 is 0 Å². The maximum absolute atomic E-state index is 13.6. The highest BCUT2D eigenvalue weighted by molar-refractivity contribution is 7.92. The van der Waals surface area contributed by atoms with Crippen LogP contribution < -0.4 is 15.6 Å². The van der Waals surface area contributed by atoms with Crippen LogP contribution in [-0.4, -0.2) is 35.9 Å². The van der Waals surface area contributed by atoms with Crippen molar-refractivity contribution in [2.24, 2.45) is 7.05 Å². The first-order valence-corrected chi connectivity index (χ1v) is 14.9. The highest BCUT2D eigenvalue weighted by atomic mass is 32.2. The lowest BCUT2D eigenvalue weighted by Crippen LogP contribution is -2.34. The summed E-state index contributed by atoms with van der Waals surface area (Å²) in [5.74, 6) is -1.26. The van der Waals surface area contributed by atoms with Crippen LogP contribution in [0.25, 0.3) is 21.9 Å². The van der Waals surface area contributed by atoms with E-state index >= 15 is 0 Å². The molecule has 0 fully saturated rings. The van der Waals surface area contributed by atoms with Crippen LogP contribution in [0.1, 0.15) is 23.8 Å². The third kappa shape index (κ3) is 6.16. The van der Waals surface area contributed by atoms with E-state index in [1.54, 1.807) is 43.3 Å². The molecule has 11 heteroatoms. The van der Waals surface area contributed by atoms with Crippen molar-refractivity contribution < 1.29 is 22.7 Å². The molecular formula is C32H28N4O6S. The number of benzene rings is 3. The molecular weight excluding hydrogens is 568 g/mol. The van der Waals surface area contributed by atoms with Gasteiger partial charge in [-0.15, -0.1) is 0 Å². The lowest BCUT2D eigenvalue weighted by molar-refractivity contribution is -0.124. The Balaban J connectivity index is 1.38. The number of rotatable bonds is 9. The molecule has 0 bridgehead atoms. The summed E-state index contributed by atoms with van der Waals surface area (Å²) >= 11 is 0. The first kappa shape index (κ1) is 29.2. The van der Waals surface area contributed by atoms with Gasteiger partial charge in [0.25, 0.3) is 21.5 Å². The number of aromatic nitrogens is 2. The Morgan fingerprint density at radius 1 is 0.884 bits per heavy atom. The Labute approximate surface area is 248 Å². The van der Waals surface area contributed by atoms with Crippen LogP contribution in [0.2, 0.25) is 0 Å². The van der Waals surface area contributed by atoms with Gasteiger partial charge in [-0.2, -0.15) is 0 Å². The highest BCUT2D eigenvalue weighted by Crippen LogP contribution is 2.31. The fourth-order valence-corrected chi connectivity index (χ4v) is 5.68. The number of amides is 1. The molecule has 218 valence electrons. The van der Waals surface area contributed by atoms with E-state index < -0.39 is 28.0 Å². The Hall–Kier alpha value is -5.29. The predicted molar refractivity (Wildman–Crippen MR) is 164 cm³/mol. The van der Waals surface area contributed by atoms with Gasteiger partial charge < -0.3 is 14.6 Å². The van der Waals surface area contributed by atoms with Crippen LogP contribution in [0.3, 0.4) is 0 Å². The first-order chi connectivity index (χ1) is 20.7.